The number of carbonyl (C=O) groups excluding carboxylic acids is 1. The molecule has 0 aliphatic carbocycles. The summed E-state index contributed by atoms with van der Waals surface area (Å²) < 4.78 is 27.9. The molecule has 2 aliphatic rings. The van der Waals surface area contributed by atoms with Crippen LogP contribution in [0.3, 0.4) is 0 Å². The van der Waals surface area contributed by atoms with Crippen molar-refractivity contribution in [3.63, 3.8) is 0 Å². The Kier molecular flexibility index (Phi) is 5.74. The van der Waals surface area contributed by atoms with Gasteiger partial charge >= 0.3 is 5.69 Å². The van der Waals surface area contributed by atoms with Crippen LogP contribution in [-0.4, -0.2) is 50.6 Å². The van der Waals surface area contributed by atoms with Gasteiger partial charge in [-0.25, -0.2) is 9.18 Å². The number of fused-ring (bicyclic) bond motifs is 1. The predicted molar refractivity (Wildman–Crippen MR) is 117 cm³/mol. The lowest BCUT2D eigenvalue weighted by molar-refractivity contribution is -0.0810. The van der Waals surface area contributed by atoms with Crippen molar-refractivity contribution in [2.75, 3.05) is 11.9 Å². The Morgan fingerprint density at radius 1 is 1.18 bits per heavy atom. The zero-order chi connectivity index (χ0) is 23.9. The molecule has 2 aliphatic heterocycles. The van der Waals surface area contributed by atoms with Crippen LogP contribution in [0.4, 0.5) is 10.2 Å². The van der Waals surface area contributed by atoms with Gasteiger partial charge in [0.2, 0.25) is 0 Å². The summed E-state index contributed by atoms with van der Waals surface area (Å²) in [6.07, 6.45) is -2.93. The molecule has 3 heterocycles. The Morgan fingerprint density at radius 2 is 1.85 bits per heavy atom. The van der Waals surface area contributed by atoms with Gasteiger partial charge in [0, 0.05) is 12.0 Å². The first-order valence-corrected chi connectivity index (χ1v) is 10.8. The van der Waals surface area contributed by atoms with E-state index in [0.717, 1.165) is 10.8 Å². The number of aliphatic hydroxyl groups excluding tert-OH is 2. The number of anilines is 1. The molecule has 0 spiro atoms. The molecular formula is C24H22FN3O6. The molecule has 3 N–H and O–H groups in total. The minimum absolute atomic E-state index is 0.0754. The van der Waals surface area contributed by atoms with E-state index in [1.807, 2.05) is 6.07 Å². The molecule has 1 amide bonds. The summed E-state index contributed by atoms with van der Waals surface area (Å²) in [7, 11) is 0. The third kappa shape index (κ3) is 3.70. The molecule has 0 saturated carbocycles. The molecule has 5 atom stereocenters. The summed E-state index contributed by atoms with van der Waals surface area (Å²) >= 11 is 0. The van der Waals surface area contributed by atoms with Crippen molar-refractivity contribution < 1.29 is 28.9 Å². The van der Waals surface area contributed by atoms with Crippen LogP contribution in [0.2, 0.25) is 0 Å². The summed E-state index contributed by atoms with van der Waals surface area (Å²) in [4.78, 5) is 28.8. The molecular weight excluding hydrogens is 445 g/mol. The van der Waals surface area contributed by atoms with Crippen LogP contribution in [0.1, 0.15) is 28.6 Å². The highest BCUT2D eigenvalue weighted by Crippen LogP contribution is 2.52. The summed E-state index contributed by atoms with van der Waals surface area (Å²) in [5, 5.41) is 22.6. The number of rotatable bonds is 5. The van der Waals surface area contributed by atoms with E-state index in [1.54, 1.807) is 54.6 Å². The Balaban J connectivity index is 1.44. The van der Waals surface area contributed by atoms with Crippen molar-refractivity contribution in [2.45, 2.75) is 36.6 Å². The highest BCUT2D eigenvalue weighted by atomic mass is 19.1. The molecule has 176 valence electrons. The van der Waals surface area contributed by atoms with Gasteiger partial charge < -0.3 is 25.0 Å². The van der Waals surface area contributed by atoms with Crippen molar-refractivity contribution in [1.29, 1.82) is 0 Å². The lowest BCUT2D eigenvalue weighted by Gasteiger charge is -2.27. The van der Waals surface area contributed by atoms with Gasteiger partial charge in [0.15, 0.2) is 11.6 Å². The topological polar surface area (TPSA) is 123 Å². The zero-order valence-corrected chi connectivity index (χ0v) is 17.9. The summed E-state index contributed by atoms with van der Waals surface area (Å²) in [5.74, 6) is -2.03. The molecule has 0 radical (unpaired) electrons. The minimum atomic E-state index is -1.16. The number of nitrogens with one attached hydrogen (secondary N) is 1. The van der Waals surface area contributed by atoms with E-state index >= 15 is 0 Å². The molecule has 0 unspecified atom stereocenters. The molecule has 34 heavy (non-hydrogen) atoms. The molecule has 0 bridgehead atoms. The van der Waals surface area contributed by atoms with Gasteiger partial charge in [-0.05, 0) is 17.7 Å². The van der Waals surface area contributed by atoms with Gasteiger partial charge in [0.05, 0.1) is 12.8 Å². The largest absolute Gasteiger partial charge is 0.394 e. The Labute approximate surface area is 193 Å². The first-order chi connectivity index (χ1) is 16.4. The number of benzene rings is 2. The fraction of sp³-hybridized carbons (Fsp3) is 0.292. The molecule has 9 nitrogen and oxygen atoms in total. The van der Waals surface area contributed by atoms with Crippen molar-refractivity contribution in [2.24, 2.45) is 0 Å². The van der Waals surface area contributed by atoms with Gasteiger partial charge in [-0.15, -0.1) is 0 Å². The number of aliphatic hydroxyl groups is 2. The highest BCUT2D eigenvalue weighted by molar-refractivity contribution is 6.03. The summed E-state index contributed by atoms with van der Waals surface area (Å²) in [6.45, 7) is -0.410. The van der Waals surface area contributed by atoms with E-state index < -0.39 is 60.0 Å². The number of amides is 1. The third-order valence-corrected chi connectivity index (χ3v) is 6.22. The molecule has 10 heteroatoms. The van der Waals surface area contributed by atoms with Gasteiger partial charge in [-0.2, -0.15) is 4.98 Å². The van der Waals surface area contributed by atoms with Gasteiger partial charge in [-0.1, -0.05) is 48.5 Å². The van der Waals surface area contributed by atoms with Crippen LogP contribution < -0.4 is 11.0 Å². The lowest BCUT2D eigenvalue weighted by Crippen LogP contribution is -2.37. The summed E-state index contributed by atoms with van der Waals surface area (Å²) in [5.41, 5.74) is -0.999. The van der Waals surface area contributed by atoms with Crippen LogP contribution >= 0.6 is 0 Å². The SMILES string of the molecule is O=C(Nc1nc(=O)n([C@@H]2C[C@@]3(c4ccccc4)O[C@H](CO)[C@@H](O)[C@H]3O2)cc1F)c1ccccc1. The smallest absolute Gasteiger partial charge is 0.351 e. The van der Waals surface area contributed by atoms with Crippen molar-refractivity contribution in [1.82, 2.24) is 9.55 Å². The number of hydrogen-bond donors (Lipinski definition) is 3. The average molecular weight is 467 g/mol. The highest BCUT2D eigenvalue weighted by Gasteiger charge is 2.62. The third-order valence-electron chi connectivity index (χ3n) is 6.22. The molecule has 2 saturated heterocycles. The second kappa shape index (κ2) is 8.73. The van der Waals surface area contributed by atoms with Gasteiger partial charge in [0.25, 0.3) is 5.91 Å². The Bertz CT molecular complexity index is 1250. The fourth-order valence-electron chi connectivity index (χ4n) is 4.60. The molecule has 1 aromatic heterocycles. The second-order valence-electron chi connectivity index (χ2n) is 8.25. The Hall–Kier alpha value is -3.44. The maximum Gasteiger partial charge on any atom is 0.351 e. The van der Waals surface area contributed by atoms with Crippen LogP contribution in [0.5, 0.6) is 0 Å². The molecule has 5 rings (SSSR count). The van der Waals surface area contributed by atoms with Crippen molar-refractivity contribution in [3.8, 4) is 0 Å². The van der Waals surface area contributed by atoms with Crippen molar-refractivity contribution >= 4 is 11.7 Å². The number of ether oxygens (including phenoxy) is 2. The molecule has 2 aromatic carbocycles. The summed E-state index contributed by atoms with van der Waals surface area (Å²) in [6, 6.07) is 17.2. The zero-order valence-electron chi connectivity index (χ0n) is 17.9. The van der Waals surface area contributed by atoms with E-state index in [2.05, 4.69) is 10.3 Å². The first-order valence-electron chi connectivity index (χ1n) is 10.8. The van der Waals surface area contributed by atoms with Crippen LogP contribution in [0.15, 0.2) is 71.7 Å². The molecule has 3 aromatic rings. The van der Waals surface area contributed by atoms with E-state index in [9.17, 15) is 24.2 Å². The molecule has 2 fully saturated rings. The van der Waals surface area contributed by atoms with Crippen LogP contribution in [-0.2, 0) is 15.1 Å². The standard InChI is InChI=1S/C24H22FN3O6/c25-16-12-28(23(32)27-21(16)26-22(31)14-7-3-1-4-8-14)18-11-24(15-9-5-2-6-10-15)20(33-18)19(30)17(13-29)34-24/h1-10,12,17-20,29-30H,11,13H2,(H,26,27,31,32)/t17-,18+,19-,20-,24+/m1/s1. The quantitative estimate of drug-likeness (QED) is 0.521. The van der Waals surface area contributed by atoms with Crippen molar-refractivity contribution in [3.05, 3.63) is 94.3 Å². The normalized spacial score (nSPS) is 28.0. The predicted octanol–water partition coefficient (Wildman–Crippen LogP) is 1.57. The van der Waals surface area contributed by atoms with E-state index in [4.69, 9.17) is 9.47 Å². The fourth-order valence-corrected chi connectivity index (χ4v) is 4.60. The first kappa shape index (κ1) is 22.4. The number of halogens is 1. The number of nitrogens with zero attached hydrogens (tertiary/aromatic N) is 2. The maximum absolute atomic E-state index is 14.9. The van der Waals surface area contributed by atoms with E-state index in [-0.39, 0.29) is 12.0 Å². The number of aromatic nitrogens is 2. The number of hydrogen-bond acceptors (Lipinski definition) is 7. The van der Waals surface area contributed by atoms with Gasteiger partial charge in [-0.3, -0.25) is 9.36 Å². The monoisotopic (exact) mass is 467 g/mol. The van der Waals surface area contributed by atoms with Gasteiger partial charge in [0.1, 0.15) is 30.1 Å². The van der Waals surface area contributed by atoms with E-state index in [1.165, 1.54) is 0 Å². The van der Waals surface area contributed by atoms with Crippen LogP contribution in [0, 0.1) is 5.82 Å². The van der Waals surface area contributed by atoms with Crippen LogP contribution in [0.25, 0.3) is 0 Å². The minimum Gasteiger partial charge on any atom is -0.394 e. The lowest BCUT2D eigenvalue weighted by atomic mass is 9.86. The number of carbonyl (C=O) groups is 1. The maximum atomic E-state index is 14.9. The Morgan fingerprint density at radius 3 is 2.53 bits per heavy atom. The second-order valence-corrected chi connectivity index (χ2v) is 8.25. The average Bonchev–Trinajstić information content (AvgIpc) is 3.37. The van der Waals surface area contributed by atoms with E-state index in [0.29, 0.717) is 5.56 Å².